The molecular formula is C9H15FN4O. The van der Waals surface area contributed by atoms with Crippen molar-refractivity contribution in [3.05, 3.63) is 11.9 Å². The molecule has 1 rings (SSSR count). The summed E-state index contributed by atoms with van der Waals surface area (Å²) >= 11 is 0. The molecule has 2 N–H and O–H groups in total. The van der Waals surface area contributed by atoms with Crippen LogP contribution in [0.5, 0.6) is 0 Å². The van der Waals surface area contributed by atoms with E-state index in [0.29, 0.717) is 6.54 Å². The van der Waals surface area contributed by atoms with Gasteiger partial charge in [0.2, 0.25) is 0 Å². The van der Waals surface area contributed by atoms with E-state index in [1.807, 2.05) is 6.92 Å². The Morgan fingerprint density at radius 1 is 1.73 bits per heavy atom. The molecule has 0 saturated heterocycles. The van der Waals surface area contributed by atoms with Gasteiger partial charge in [-0.15, -0.1) is 0 Å². The van der Waals surface area contributed by atoms with Crippen molar-refractivity contribution in [2.75, 3.05) is 26.0 Å². The first-order valence-electron chi connectivity index (χ1n) is 4.74. The van der Waals surface area contributed by atoms with Crippen LogP contribution in [0.4, 0.5) is 10.1 Å². The van der Waals surface area contributed by atoms with Crippen LogP contribution in [-0.2, 0) is 6.54 Å². The fraction of sp³-hybridized carbons (Fsp3) is 0.556. The Kier molecular flexibility index (Phi) is 3.65. The first-order valence-corrected chi connectivity index (χ1v) is 4.74. The minimum atomic E-state index is -0.529. The maximum atomic E-state index is 12.0. The average molecular weight is 214 g/mol. The Labute approximate surface area is 87.7 Å². The van der Waals surface area contributed by atoms with Crippen LogP contribution in [0.15, 0.2) is 6.20 Å². The number of nitrogen functional groups attached to an aromatic ring is 1. The third kappa shape index (κ3) is 2.45. The lowest BCUT2D eigenvalue weighted by Crippen LogP contribution is -2.27. The van der Waals surface area contributed by atoms with Gasteiger partial charge in [0.1, 0.15) is 6.67 Å². The standard InChI is InChI=1S/C9H15FN4O/c1-3-13(2)9(15)8-7(11)6-14(12-8)5-4-10/h6H,3-5,11H2,1-2H3. The molecule has 0 fully saturated rings. The third-order valence-electron chi connectivity index (χ3n) is 2.13. The molecule has 84 valence electrons. The summed E-state index contributed by atoms with van der Waals surface area (Å²) in [6, 6.07) is 0. The summed E-state index contributed by atoms with van der Waals surface area (Å²) in [5.74, 6) is -0.243. The van der Waals surface area contributed by atoms with Gasteiger partial charge in [-0.1, -0.05) is 0 Å². The highest BCUT2D eigenvalue weighted by atomic mass is 19.1. The van der Waals surface area contributed by atoms with Gasteiger partial charge in [-0.25, -0.2) is 4.39 Å². The fourth-order valence-electron chi connectivity index (χ4n) is 1.13. The summed E-state index contributed by atoms with van der Waals surface area (Å²) in [5.41, 5.74) is 6.09. The first kappa shape index (κ1) is 11.5. The fourth-order valence-corrected chi connectivity index (χ4v) is 1.13. The quantitative estimate of drug-likeness (QED) is 0.795. The van der Waals surface area contributed by atoms with Crippen LogP contribution in [0.25, 0.3) is 0 Å². The molecule has 0 radical (unpaired) electrons. The van der Waals surface area contributed by atoms with E-state index in [1.165, 1.54) is 15.8 Å². The Morgan fingerprint density at radius 2 is 2.40 bits per heavy atom. The monoisotopic (exact) mass is 214 g/mol. The minimum absolute atomic E-state index is 0.118. The normalized spacial score (nSPS) is 10.3. The minimum Gasteiger partial charge on any atom is -0.396 e. The van der Waals surface area contributed by atoms with E-state index in [4.69, 9.17) is 5.73 Å². The number of carbonyl (C=O) groups is 1. The molecule has 1 heterocycles. The van der Waals surface area contributed by atoms with E-state index in [1.54, 1.807) is 7.05 Å². The van der Waals surface area contributed by atoms with E-state index in [-0.39, 0.29) is 23.8 Å². The molecule has 0 aliphatic carbocycles. The molecule has 0 atom stereocenters. The summed E-state index contributed by atoms with van der Waals surface area (Å²) < 4.78 is 13.4. The second-order valence-electron chi connectivity index (χ2n) is 3.20. The van der Waals surface area contributed by atoms with Crippen molar-refractivity contribution in [2.45, 2.75) is 13.5 Å². The van der Waals surface area contributed by atoms with Crippen LogP contribution >= 0.6 is 0 Å². The van der Waals surface area contributed by atoms with Crippen molar-refractivity contribution < 1.29 is 9.18 Å². The van der Waals surface area contributed by atoms with E-state index >= 15 is 0 Å². The van der Waals surface area contributed by atoms with Crippen LogP contribution < -0.4 is 5.73 Å². The Morgan fingerprint density at radius 3 is 2.93 bits per heavy atom. The molecule has 1 aromatic heterocycles. The molecule has 0 aliphatic heterocycles. The van der Waals surface area contributed by atoms with Gasteiger partial charge in [0.15, 0.2) is 5.69 Å². The van der Waals surface area contributed by atoms with Gasteiger partial charge in [0.25, 0.3) is 5.91 Å². The third-order valence-corrected chi connectivity index (χ3v) is 2.13. The number of nitrogens with zero attached hydrogens (tertiary/aromatic N) is 3. The van der Waals surface area contributed by atoms with Crippen molar-refractivity contribution in [1.29, 1.82) is 0 Å². The number of hydrogen-bond donors (Lipinski definition) is 1. The maximum absolute atomic E-state index is 12.0. The van der Waals surface area contributed by atoms with Gasteiger partial charge in [0.05, 0.1) is 12.2 Å². The predicted octanol–water partition coefficient (Wildman–Crippen LogP) is 0.527. The first-order chi connectivity index (χ1) is 7.10. The number of hydrogen-bond acceptors (Lipinski definition) is 3. The van der Waals surface area contributed by atoms with Crippen LogP contribution in [-0.4, -0.2) is 40.9 Å². The Balaban J connectivity index is 2.89. The molecule has 6 heteroatoms. The molecule has 0 bridgehead atoms. The summed E-state index contributed by atoms with van der Waals surface area (Å²) in [6.45, 7) is 2.02. The summed E-state index contributed by atoms with van der Waals surface area (Å²) in [4.78, 5) is 13.2. The SMILES string of the molecule is CCN(C)C(=O)c1nn(CCF)cc1N. The zero-order chi connectivity index (χ0) is 11.4. The second kappa shape index (κ2) is 4.77. The number of alkyl halides is 1. The topological polar surface area (TPSA) is 64.2 Å². The highest BCUT2D eigenvalue weighted by Gasteiger charge is 2.17. The molecule has 0 aromatic carbocycles. The van der Waals surface area contributed by atoms with Crippen molar-refractivity contribution in [3.63, 3.8) is 0 Å². The largest absolute Gasteiger partial charge is 0.396 e. The van der Waals surface area contributed by atoms with Gasteiger partial charge in [-0.05, 0) is 6.92 Å². The van der Waals surface area contributed by atoms with E-state index in [0.717, 1.165) is 0 Å². The van der Waals surface area contributed by atoms with Crippen LogP contribution in [0.2, 0.25) is 0 Å². The molecular weight excluding hydrogens is 199 g/mol. The lowest BCUT2D eigenvalue weighted by molar-refractivity contribution is 0.0796. The number of anilines is 1. The van der Waals surface area contributed by atoms with E-state index in [9.17, 15) is 9.18 Å². The predicted molar refractivity (Wildman–Crippen MR) is 55.2 cm³/mol. The van der Waals surface area contributed by atoms with E-state index < -0.39 is 6.67 Å². The van der Waals surface area contributed by atoms with Crippen LogP contribution in [0.1, 0.15) is 17.4 Å². The number of halogens is 1. The molecule has 5 nitrogen and oxygen atoms in total. The summed E-state index contributed by atoms with van der Waals surface area (Å²) in [7, 11) is 1.66. The maximum Gasteiger partial charge on any atom is 0.276 e. The van der Waals surface area contributed by atoms with E-state index in [2.05, 4.69) is 5.10 Å². The average Bonchev–Trinajstić information content (AvgIpc) is 2.58. The van der Waals surface area contributed by atoms with Crippen molar-refractivity contribution in [2.24, 2.45) is 0 Å². The number of amides is 1. The highest BCUT2D eigenvalue weighted by Crippen LogP contribution is 2.11. The lowest BCUT2D eigenvalue weighted by Gasteiger charge is -2.12. The number of carbonyl (C=O) groups excluding carboxylic acids is 1. The summed E-state index contributed by atoms with van der Waals surface area (Å²) in [5, 5.41) is 3.93. The zero-order valence-corrected chi connectivity index (χ0v) is 8.90. The Hall–Kier alpha value is -1.59. The molecule has 15 heavy (non-hydrogen) atoms. The van der Waals surface area contributed by atoms with Crippen molar-refractivity contribution in [1.82, 2.24) is 14.7 Å². The van der Waals surface area contributed by atoms with Gasteiger partial charge in [-0.3, -0.25) is 9.48 Å². The molecule has 1 aromatic rings. The van der Waals surface area contributed by atoms with Crippen LogP contribution in [0, 0.1) is 0 Å². The zero-order valence-electron chi connectivity index (χ0n) is 8.90. The molecule has 0 saturated carbocycles. The summed E-state index contributed by atoms with van der Waals surface area (Å²) in [6.07, 6.45) is 1.47. The van der Waals surface area contributed by atoms with Crippen molar-refractivity contribution >= 4 is 11.6 Å². The Bertz CT molecular complexity index is 350. The van der Waals surface area contributed by atoms with Gasteiger partial charge in [0, 0.05) is 19.8 Å². The smallest absolute Gasteiger partial charge is 0.276 e. The van der Waals surface area contributed by atoms with Gasteiger partial charge < -0.3 is 10.6 Å². The van der Waals surface area contributed by atoms with Gasteiger partial charge in [-0.2, -0.15) is 5.10 Å². The number of rotatable bonds is 4. The number of nitrogens with two attached hydrogens (primary N) is 1. The second-order valence-corrected chi connectivity index (χ2v) is 3.20. The molecule has 0 aliphatic rings. The highest BCUT2D eigenvalue weighted by molar-refractivity contribution is 5.96. The molecule has 1 amide bonds. The number of aromatic nitrogens is 2. The van der Waals surface area contributed by atoms with Crippen LogP contribution in [0.3, 0.4) is 0 Å². The molecule has 0 spiro atoms. The molecule has 0 unspecified atom stereocenters. The number of aryl methyl sites for hydroxylation is 1. The van der Waals surface area contributed by atoms with Gasteiger partial charge >= 0.3 is 0 Å². The lowest BCUT2D eigenvalue weighted by atomic mass is 10.3. The van der Waals surface area contributed by atoms with Crippen molar-refractivity contribution in [3.8, 4) is 0 Å².